The van der Waals surface area contributed by atoms with Gasteiger partial charge in [0, 0.05) is 26.6 Å². The number of hydrogen-bond acceptors (Lipinski definition) is 5. The van der Waals surface area contributed by atoms with Crippen LogP contribution in [0.3, 0.4) is 0 Å². The number of aryl methyl sites for hydroxylation is 2. The Morgan fingerprint density at radius 2 is 2.09 bits per heavy atom. The highest BCUT2D eigenvalue weighted by Gasteiger charge is 2.11. The molecule has 7 heteroatoms. The maximum Gasteiger partial charge on any atom is 0.150 e. The summed E-state index contributed by atoms with van der Waals surface area (Å²) in [5, 5.41) is 20.7. The third-order valence-corrected chi connectivity index (χ3v) is 3.90. The molecule has 2 aromatic rings. The van der Waals surface area contributed by atoms with Crippen LogP contribution >= 0.6 is 12.2 Å². The topological polar surface area (TPSA) is 67.1 Å². The number of aliphatic hydroxyl groups excluding tert-OH is 1. The molecule has 1 N–H and O–H groups in total. The Balaban J connectivity index is 1.85. The Kier molecular flexibility index (Phi) is 6.42. The number of aromatic nitrogens is 4. The largest absolute Gasteiger partial charge is 0.395 e. The standard InChI is InChI=1S/C15H21N5OS/c1-19-14(16-17-18-19)8-5-9-15(22)20(10-11-21)12-13-6-3-2-4-7-13/h2-4,6-7,21H,5,8-12H2,1H3. The number of hydrogen-bond donors (Lipinski definition) is 1. The minimum Gasteiger partial charge on any atom is -0.395 e. The summed E-state index contributed by atoms with van der Waals surface area (Å²) in [5.74, 6) is 0.861. The summed E-state index contributed by atoms with van der Waals surface area (Å²) in [6.45, 7) is 1.38. The van der Waals surface area contributed by atoms with Crippen LogP contribution in [0.2, 0.25) is 0 Å². The molecule has 22 heavy (non-hydrogen) atoms. The van der Waals surface area contributed by atoms with Gasteiger partial charge in [-0.1, -0.05) is 42.5 Å². The molecule has 0 amide bonds. The Morgan fingerprint density at radius 3 is 2.73 bits per heavy atom. The highest BCUT2D eigenvalue weighted by molar-refractivity contribution is 7.80. The molecule has 0 saturated carbocycles. The Bertz CT molecular complexity index is 587. The van der Waals surface area contributed by atoms with Gasteiger partial charge < -0.3 is 10.0 Å². The first-order chi connectivity index (χ1) is 10.7. The normalized spacial score (nSPS) is 10.6. The maximum atomic E-state index is 9.24. The van der Waals surface area contributed by atoms with Crippen LogP contribution in [0.5, 0.6) is 0 Å². The van der Waals surface area contributed by atoms with E-state index in [-0.39, 0.29) is 6.61 Å². The van der Waals surface area contributed by atoms with Gasteiger partial charge in [-0.3, -0.25) is 0 Å². The molecule has 6 nitrogen and oxygen atoms in total. The molecule has 0 saturated heterocycles. The number of aliphatic hydroxyl groups is 1. The summed E-state index contributed by atoms with van der Waals surface area (Å²) in [5.41, 5.74) is 1.19. The van der Waals surface area contributed by atoms with E-state index in [0.717, 1.165) is 36.6 Å². The summed E-state index contributed by atoms with van der Waals surface area (Å²) < 4.78 is 1.68. The second kappa shape index (κ2) is 8.55. The molecular formula is C15H21N5OS. The second-order valence-electron chi connectivity index (χ2n) is 5.10. The Hall–Kier alpha value is -1.86. The lowest BCUT2D eigenvalue weighted by Gasteiger charge is -2.24. The fraction of sp³-hybridized carbons (Fsp3) is 0.467. The third kappa shape index (κ3) is 4.85. The van der Waals surface area contributed by atoms with Crippen LogP contribution < -0.4 is 0 Å². The van der Waals surface area contributed by atoms with Crippen LogP contribution in [0.25, 0.3) is 0 Å². The van der Waals surface area contributed by atoms with Gasteiger partial charge in [0.15, 0.2) is 5.82 Å². The molecule has 1 aromatic carbocycles. The van der Waals surface area contributed by atoms with E-state index in [2.05, 4.69) is 32.6 Å². The minimum atomic E-state index is 0.0974. The van der Waals surface area contributed by atoms with Crippen molar-refractivity contribution in [3.05, 3.63) is 41.7 Å². The Labute approximate surface area is 135 Å². The number of nitrogens with zero attached hydrogens (tertiary/aromatic N) is 5. The van der Waals surface area contributed by atoms with E-state index in [1.807, 2.05) is 25.2 Å². The molecule has 0 bridgehead atoms. The quantitative estimate of drug-likeness (QED) is 0.741. The lowest BCUT2D eigenvalue weighted by Crippen LogP contribution is -2.31. The molecule has 0 aliphatic heterocycles. The van der Waals surface area contributed by atoms with E-state index in [9.17, 15) is 5.11 Å². The van der Waals surface area contributed by atoms with E-state index in [4.69, 9.17) is 12.2 Å². The second-order valence-corrected chi connectivity index (χ2v) is 5.57. The summed E-state index contributed by atoms with van der Waals surface area (Å²) in [4.78, 5) is 2.92. The highest BCUT2D eigenvalue weighted by atomic mass is 32.1. The summed E-state index contributed by atoms with van der Waals surface area (Å²) in [6, 6.07) is 10.1. The average molecular weight is 319 g/mol. The van der Waals surface area contributed by atoms with Gasteiger partial charge in [-0.15, -0.1) is 5.10 Å². The van der Waals surface area contributed by atoms with Gasteiger partial charge >= 0.3 is 0 Å². The molecule has 0 unspecified atom stereocenters. The average Bonchev–Trinajstić information content (AvgIpc) is 2.93. The van der Waals surface area contributed by atoms with Gasteiger partial charge in [0.05, 0.1) is 11.6 Å². The lowest BCUT2D eigenvalue weighted by molar-refractivity contribution is 0.246. The van der Waals surface area contributed by atoms with Crippen LogP contribution in [-0.4, -0.2) is 48.4 Å². The van der Waals surface area contributed by atoms with Crippen molar-refractivity contribution in [1.29, 1.82) is 0 Å². The van der Waals surface area contributed by atoms with E-state index < -0.39 is 0 Å². The predicted molar refractivity (Wildman–Crippen MR) is 88.3 cm³/mol. The van der Waals surface area contributed by atoms with Crippen molar-refractivity contribution in [3.8, 4) is 0 Å². The SMILES string of the molecule is Cn1nnnc1CCCC(=S)N(CCO)Cc1ccccc1. The van der Waals surface area contributed by atoms with Crippen LogP contribution in [0, 0.1) is 0 Å². The van der Waals surface area contributed by atoms with Gasteiger partial charge in [0.1, 0.15) is 0 Å². The molecule has 0 aliphatic carbocycles. The fourth-order valence-electron chi connectivity index (χ4n) is 2.23. The molecule has 0 atom stereocenters. The maximum absolute atomic E-state index is 9.24. The highest BCUT2D eigenvalue weighted by Crippen LogP contribution is 2.09. The van der Waals surface area contributed by atoms with Gasteiger partial charge in [-0.25, -0.2) is 4.68 Å². The number of tetrazole rings is 1. The first kappa shape index (κ1) is 16.5. The van der Waals surface area contributed by atoms with E-state index in [1.165, 1.54) is 5.56 Å². The first-order valence-electron chi connectivity index (χ1n) is 7.34. The van der Waals surface area contributed by atoms with Crippen molar-refractivity contribution in [1.82, 2.24) is 25.1 Å². The van der Waals surface area contributed by atoms with Crippen molar-refractivity contribution in [2.24, 2.45) is 7.05 Å². The summed E-state index contributed by atoms with van der Waals surface area (Å²) >= 11 is 5.52. The van der Waals surface area contributed by atoms with E-state index in [0.29, 0.717) is 6.54 Å². The zero-order chi connectivity index (χ0) is 15.8. The first-order valence-corrected chi connectivity index (χ1v) is 7.75. The minimum absolute atomic E-state index is 0.0974. The zero-order valence-corrected chi connectivity index (χ0v) is 13.5. The molecule has 2 rings (SSSR count). The summed E-state index contributed by atoms with van der Waals surface area (Å²) in [7, 11) is 1.83. The molecule has 118 valence electrons. The van der Waals surface area contributed by atoms with Crippen LogP contribution in [0.4, 0.5) is 0 Å². The van der Waals surface area contributed by atoms with Crippen molar-refractivity contribution in [2.45, 2.75) is 25.8 Å². The number of thiocarbonyl (C=S) groups is 1. The molecule has 0 radical (unpaired) electrons. The van der Waals surface area contributed by atoms with Crippen LogP contribution in [0.1, 0.15) is 24.2 Å². The zero-order valence-electron chi connectivity index (χ0n) is 12.7. The molecule has 1 heterocycles. The molecular weight excluding hydrogens is 298 g/mol. The summed E-state index contributed by atoms with van der Waals surface area (Å²) in [6.07, 6.45) is 2.47. The predicted octanol–water partition coefficient (Wildman–Crippen LogP) is 1.35. The third-order valence-electron chi connectivity index (χ3n) is 3.44. The van der Waals surface area contributed by atoms with Crippen molar-refractivity contribution < 1.29 is 5.11 Å². The molecule has 0 fully saturated rings. The van der Waals surface area contributed by atoms with Gasteiger partial charge in [-0.2, -0.15) is 0 Å². The fourth-order valence-corrected chi connectivity index (χ4v) is 2.53. The van der Waals surface area contributed by atoms with Gasteiger partial charge in [0.2, 0.25) is 0 Å². The van der Waals surface area contributed by atoms with Crippen LogP contribution in [0.15, 0.2) is 30.3 Å². The van der Waals surface area contributed by atoms with Crippen molar-refractivity contribution >= 4 is 17.2 Å². The number of rotatable bonds is 8. The Morgan fingerprint density at radius 1 is 1.32 bits per heavy atom. The molecule has 1 aromatic heterocycles. The van der Waals surface area contributed by atoms with Crippen LogP contribution in [-0.2, 0) is 20.0 Å². The van der Waals surface area contributed by atoms with E-state index >= 15 is 0 Å². The number of benzene rings is 1. The molecule has 0 aliphatic rings. The smallest absolute Gasteiger partial charge is 0.150 e. The van der Waals surface area contributed by atoms with Crippen molar-refractivity contribution in [3.63, 3.8) is 0 Å². The van der Waals surface area contributed by atoms with Gasteiger partial charge in [-0.05, 0) is 28.8 Å². The van der Waals surface area contributed by atoms with Crippen molar-refractivity contribution in [2.75, 3.05) is 13.2 Å². The van der Waals surface area contributed by atoms with Gasteiger partial charge in [0.25, 0.3) is 0 Å². The monoisotopic (exact) mass is 319 g/mol. The molecule has 0 spiro atoms. The lowest BCUT2D eigenvalue weighted by atomic mass is 10.2. The van der Waals surface area contributed by atoms with E-state index in [1.54, 1.807) is 4.68 Å².